The van der Waals surface area contributed by atoms with Gasteiger partial charge in [0.05, 0.1) is 11.3 Å². The van der Waals surface area contributed by atoms with Crippen LogP contribution in [-0.2, 0) is 9.63 Å². The third-order valence-electron chi connectivity index (χ3n) is 8.92. The first-order chi connectivity index (χ1) is 13.2. The molecule has 0 unspecified atom stereocenters. The van der Waals surface area contributed by atoms with Crippen LogP contribution in [0.25, 0.3) is 0 Å². The molecule has 0 saturated heterocycles. The Hall–Kier alpha value is -1.20. The molecule has 0 bridgehead atoms. The molecule has 4 saturated carbocycles. The zero-order valence-electron chi connectivity index (χ0n) is 17.7. The number of hydrogen-bond donors (Lipinski definition) is 2. The number of carbonyl (C=O) groups is 1. The maximum atomic E-state index is 12.6. The first-order valence-electron chi connectivity index (χ1n) is 11.0. The fourth-order valence-corrected chi connectivity index (χ4v) is 7.11. The van der Waals surface area contributed by atoms with Gasteiger partial charge in [-0.05, 0) is 63.3 Å². The van der Waals surface area contributed by atoms with Crippen LogP contribution in [0.3, 0.4) is 0 Å². The van der Waals surface area contributed by atoms with Crippen LogP contribution < -0.4 is 5.32 Å². The Labute approximate surface area is 169 Å². The third-order valence-corrected chi connectivity index (χ3v) is 8.92. The Kier molecular flexibility index (Phi) is 4.98. The number of aliphatic hydroxyl groups is 1. The molecule has 4 aliphatic carbocycles. The summed E-state index contributed by atoms with van der Waals surface area (Å²) in [6.45, 7) is 10.2. The topological polar surface area (TPSA) is 70.9 Å². The summed E-state index contributed by atoms with van der Waals surface area (Å²) in [6.07, 6.45) is 6.72. The zero-order chi connectivity index (χ0) is 20.2. The van der Waals surface area contributed by atoms with Gasteiger partial charge in [-0.25, -0.2) is 0 Å². The molecule has 4 rings (SSSR count). The summed E-state index contributed by atoms with van der Waals surface area (Å²) < 4.78 is 0. The molecule has 0 aliphatic heterocycles. The molecule has 5 heteroatoms. The van der Waals surface area contributed by atoms with Crippen molar-refractivity contribution in [1.29, 1.82) is 0 Å². The Bertz CT molecular complexity index is 704. The lowest BCUT2D eigenvalue weighted by molar-refractivity contribution is -0.170. The van der Waals surface area contributed by atoms with Gasteiger partial charge in [0.15, 0.2) is 0 Å². The number of hydrogen-bond acceptors (Lipinski definition) is 5. The molecule has 0 spiro atoms. The van der Waals surface area contributed by atoms with E-state index in [2.05, 4.69) is 30.9 Å². The minimum Gasteiger partial charge on any atom is -0.394 e. The van der Waals surface area contributed by atoms with Gasteiger partial charge in [0, 0.05) is 30.2 Å². The van der Waals surface area contributed by atoms with Crippen molar-refractivity contribution < 1.29 is 14.7 Å². The van der Waals surface area contributed by atoms with E-state index in [1.165, 1.54) is 0 Å². The molecule has 0 amide bonds. The fourth-order valence-electron chi connectivity index (χ4n) is 7.11. The molecule has 156 valence electrons. The molecule has 6 atom stereocenters. The van der Waals surface area contributed by atoms with Gasteiger partial charge in [-0.15, -0.1) is 0 Å². The molecule has 0 aromatic heterocycles. The fraction of sp³-hybridized carbons (Fsp3) is 0.826. The molecular formula is C23H36N2O3. The lowest BCUT2D eigenvalue weighted by atomic mass is 9.43. The normalized spacial score (nSPS) is 46.9. The summed E-state index contributed by atoms with van der Waals surface area (Å²) in [4.78, 5) is 18.1. The van der Waals surface area contributed by atoms with Gasteiger partial charge in [-0.1, -0.05) is 31.2 Å². The number of likely N-dealkylation sites (N-methyl/N-ethyl adjacent to an activating group) is 1. The number of oxime groups is 1. The van der Waals surface area contributed by atoms with Crippen molar-refractivity contribution in [2.75, 3.05) is 20.2 Å². The molecule has 5 nitrogen and oxygen atoms in total. The number of Topliss-reactive ketones (excluding diaryl/α,β-unsaturated/α-hetero) is 1. The Morgan fingerprint density at radius 1 is 1.21 bits per heavy atom. The standard InChI is InChI=1S/C23H36N2O3/c1-15-13-23(27)14-16(25-28-12-11-24-4)7-10-22(23,3)18-8-9-21(2)17(20(15)18)5-6-19(21)26/h17-18,20,24,27H,1,5-14H2,2-4H3/t17-,18-,20-,21-,22+,23+/m0/s1. The van der Waals surface area contributed by atoms with Crippen molar-refractivity contribution >= 4 is 11.5 Å². The van der Waals surface area contributed by atoms with E-state index in [0.29, 0.717) is 43.0 Å². The SMILES string of the molecule is C=C1C[C@@]2(O)CC(=NOCCNC)CC[C@]2(C)[C@H]2CC[C@]3(C)C(=O)CC[C@H]3[C@H]12. The van der Waals surface area contributed by atoms with E-state index in [1.807, 2.05) is 7.05 Å². The van der Waals surface area contributed by atoms with Crippen molar-refractivity contribution in [3.05, 3.63) is 12.2 Å². The van der Waals surface area contributed by atoms with Gasteiger partial charge in [0.2, 0.25) is 0 Å². The van der Waals surface area contributed by atoms with Gasteiger partial charge in [0.1, 0.15) is 12.4 Å². The number of nitrogens with one attached hydrogen (secondary N) is 1. The average Bonchev–Trinajstić information content (AvgIpc) is 2.95. The van der Waals surface area contributed by atoms with Crippen molar-refractivity contribution in [3.8, 4) is 0 Å². The second-order valence-corrected chi connectivity index (χ2v) is 10.2. The van der Waals surface area contributed by atoms with Gasteiger partial charge >= 0.3 is 0 Å². The highest BCUT2D eigenvalue weighted by molar-refractivity contribution is 5.87. The highest BCUT2D eigenvalue weighted by atomic mass is 16.6. The molecule has 0 heterocycles. The van der Waals surface area contributed by atoms with Crippen LogP contribution in [0.1, 0.15) is 65.2 Å². The molecular weight excluding hydrogens is 352 g/mol. The van der Waals surface area contributed by atoms with Gasteiger partial charge in [-0.2, -0.15) is 0 Å². The molecule has 2 N–H and O–H groups in total. The summed E-state index contributed by atoms with van der Waals surface area (Å²) in [5, 5.41) is 19.2. The molecule has 28 heavy (non-hydrogen) atoms. The van der Waals surface area contributed by atoms with Crippen molar-refractivity contribution in [2.24, 2.45) is 33.7 Å². The van der Waals surface area contributed by atoms with Crippen LogP contribution in [0.15, 0.2) is 17.3 Å². The van der Waals surface area contributed by atoms with Crippen LogP contribution in [0.2, 0.25) is 0 Å². The van der Waals surface area contributed by atoms with Crippen LogP contribution in [0.5, 0.6) is 0 Å². The third kappa shape index (κ3) is 2.80. The summed E-state index contributed by atoms with van der Waals surface area (Å²) in [6, 6.07) is 0. The first kappa shape index (κ1) is 20.1. The second kappa shape index (κ2) is 6.94. The largest absolute Gasteiger partial charge is 0.394 e. The maximum absolute atomic E-state index is 12.6. The lowest BCUT2D eigenvalue weighted by Gasteiger charge is -2.63. The smallest absolute Gasteiger partial charge is 0.139 e. The molecule has 4 fully saturated rings. The summed E-state index contributed by atoms with van der Waals surface area (Å²) >= 11 is 0. The monoisotopic (exact) mass is 388 g/mol. The lowest BCUT2D eigenvalue weighted by Crippen LogP contribution is -2.63. The summed E-state index contributed by atoms with van der Waals surface area (Å²) in [7, 11) is 1.89. The number of rotatable bonds is 4. The van der Waals surface area contributed by atoms with Gasteiger partial charge < -0.3 is 15.3 Å². The molecule has 0 radical (unpaired) electrons. The minimum atomic E-state index is -0.801. The number of carbonyl (C=O) groups excluding carboxylic acids is 1. The number of fused-ring (bicyclic) bond motifs is 5. The van der Waals surface area contributed by atoms with Crippen molar-refractivity contribution in [2.45, 2.75) is 70.8 Å². The van der Waals surface area contributed by atoms with Gasteiger partial charge in [0.25, 0.3) is 0 Å². The maximum Gasteiger partial charge on any atom is 0.139 e. The zero-order valence-corrected chi connectivity index (χ0v) is 17.7. The predicted molar refractivity (Wildman–Crippen MR) is 110 cm³/mol. The van der Waals surface area contributed by atoms with Crippen molar-refractivity contribution in [3.63, 3.8) is 0 Å². The molecule has 0 aromatic carbocycles. The van der Waals surface area contributed by atoms with E-state index < -0.39 is 5.60 Å². The Morgan fingerprint density at radius 3 is 2.75 bits per heavy atom. The second-order valence-electron chi connectivity index (χ2n) is 10.2. The van der Waals surface area contributed by atoms with Crippen molar-refractivity contribution in [1.82, 2.24) is 5.32 Å². The summed E-state index contributed by atoms with van der Waals surface area (Å²) in [5.41, 5.74) is 1.02. The molecule has 0 aromatic rings. The highest BCUT2D eigenvalue weighted by Gasteiger charge is 2.65. The van der Waals surface area contributed by atoms with E-state index in [0.717, 1.165) is 56.4 Å². The summed E-state index contributed by atoms with van der Waals surface area (Å²) in [5.74, 6) is 1.65. The van der Waals surface area contributed by atoms with E-state index in [1.54, 1.807) is 0 Å². The van der Waals surface area contributed by atoms with Crippen LogP contribution >= 0.6 is 0 Å². The average molecular weight is 389 g/mol. The van der Waals surface area contributed by atoms with Crippen LogP contribution in [-0.4, -0.2) is 42.4 Å². The first-order valence-corrected chi connectivity index (χ1v) is 11.0. The van der Waals surface area contributed by atoms with Crippen LogP contribution in [0, 0.1) is 28.6 Å². The highest BCUT2D eigenvalue weighted by Crippen LogP contribution is 2.67. The van der Waals surface area contributed by atoms with E-state index in [-0.39, 0.29) is 10.8 Å². The van der Waals surface area contributed by atoms with Gasteiger partial charge in [-0.3, -0.25) is 4.79 Å². The Morgan fingerprint density at radius 2 is 2.00 bits per heavy atom. The number of ketones is 1. The predicted octanol–water partition coefficient (Wildman–Crippen LogP) is 3.47. The van der Waals surface area contributed by atoms with E-state index in [9.17, 15) is 9.90 Å². The number of nitrogens with zero attached hydrogens (tertiary/aromatic N) is 1. The minimum absolute atomic E-state index is 0.143. The van der Waals surface area contributed by atoms with E-state index in [4.69, 9.17) is 4.84 Å². The Balaban J connectivity index is 1.58. The van der Waals surface area contributed by atoms with Crippen LogP contribution in [0.4, 0.5) is 0 Å². The molecule has 4 aliphatic rings. The van der Waals surface area contributed by atoms with E-state index >= 15 is 0 Å². The quantitative estimate of drug-likeness (QED) is 0.439.